The number of likely N-dealkylation sites (tertiary alicyclic amines) is 2. The number of nitrogens with one attached hydrogen (secondary N) is 4. The molecule has 5 N–H and O–H groups in total. The number of urea groups is 2. The summed E-state index contributed by atoms with van der Waals surface area (Å²) in [6.07, 6.45) is 2.61. The fourth-order valence-electron chi connectivity index (χ4n) is 8.53. The summed E-state index contributed by atoms with van der Waals surface area (Å²) in [7, 11) is 2.91. The van der Waals surface area contributed by atoms with E-state index < -0.39 is 29.1 Å². The molecule has 1 atom stereocenters. The molecular formula is C44H49BF4N6NaO6. The molecule has 2 saturated heterocycles. The number of ketones is 1. The second kappa shape index (κ2) is 20.5. The minimum Gasteiger partial charge on any atom is -1.00 e. The molecule has 4 amide bonds. The molecule has 18 heteroatoms. The molecule has 62 heavy (non-hydrogen) atoms. The summed E-state index contributed by atoms with van der Waals surface area (Å²) < 4.78 is 63.9. The van der Waals surface area contributed by atoms with E-state index in [1.807, 2.05) is 0 Å². The van der Waals surface area contributed by atoms with E-state index in [9.17, 15) is 37.1 Å². The first-order valence-corrected chi connectivity index (χ1v) is 19.9. The number of aliphatic hydroxyl groups excluding tert-OH is 1. The average Bonchev–Trinajstić information content (AvgIpc) is 3.24. The maximum Gasteiger partial charge on any atom is 1.00 e. The molecule has 8 rings (SSSR count). The Balaban J connectivity index is 0.000000264. The number of hydrogen-bond acceptors (Lipinski definition) is 8. The maximum atomic E-state index is 13.5. The van der Waals surface area contributed by atoms with Crippen molar-refractivity contribution in [2.45, 2.75) is 68.8 Å². The van der Waals surface area contributed by atoms with E-state index in [-0.39, 0.29) is 88.1 Å². The van der Waals surface area contributed by atoms with E-state index in [1.54, 1.807) is 34.1 Å². The van der Waals surface area contributed by atoms with Gasteiger partial charge in [0.05, 0.1) is 20.3 Å². The van der Waals surface area contributed by atoms with Crippen LogP contribution in [0, 0.1) is 23.3 Å². The Morgan fingerprint density at radius 2 is 1.15 bits per heavy atom. The van der Waals surface area contributed by atoms with Gasteiger partial charge in [0.1, 0.15) is 34.8 Å². The molecule has 0 aromatic heterocycles. The number of piperidine rings is 2. The first-order chi connectivity index (χ1) is 28.8. The molecule has 4 aromatic carbocycles. The summed E-state index contributed by atoms with van der Waals surface area (Å²) in [6.45, 7) is 2.50. The molecule has 0 aliphatic carbocycles. The Morgan fingerprint density at radius 3 is 1.66 bits per heavy atom. The van der Waals surface area contributed by atoms with Crippen LogP contribution >= 0.6 is 0 Å². The quantitative estimate of drug-likeness (QED) is 0.145. The number of fused-ring (bicyclic) bond motifs is 2. The zero-order chi connectivity index (χ0) is 42.6. The molecule has 4 aromatic rings. The van der Waals surface area contributed by atoms with Crippen LogP contribution in [0.4, 0.5) is 38.5 Å². The van der Waals surface area contributed by atoms with Gasteiger partial charge in [-0.2, -0.15) is 0 Å². The largest absolute Gasteiger partial charge is 1.00 e. The number of anilines is 2. The van der Waals surface area contributed by atoms with E-state index in [4.69, 9.17) is 9.47 Å². The van der Waals surface area contributed by atoms with Crippen molar-refractivity contribution in [2.24, 2.45) is 0 Å². The molecule has 1 unspecified atom stereocenters. The number of aliphatic hydroxyl groups is 1. The monoisotopic (exact) mass is 867 g/mol. The summed E-state index contributed by atoms with van der Waals surface area (Å²) in [5.41, 5.74) is 3.00. The van der Waals surface area contributed by atoms with Crippen molar-refractivity contribution in [3.05, 3.63) is 118 Å². The number of rotatable bonds is 6. The van der Waals surface area contributed by atoms with Crippen molar-refractivity contribution >= 4 is 37.6 Å². The van der Waals surface area contributed by atoms with Crippen LogP contribution in [0.2, 0.25) is 0 Å². The van der Waals surface area contributed by atoms with Gasteiger partial charge in [-0.15, -0.1) is 0 Å². The van der Waals surface area contributed by atoms with Gasteiger partial charge in [-0.1, -0.05) is 12.1 Å². The second-order valence-electron chi connectivity index (χ2n) is 15.8. The topological polar surface area (TPSA) is 144 Å². The van der Waals surface area contributed by atoms with Crippen LogP contribution < -0.4 is 60.3 Å². The van der Waals surface area contributed by atoms with Crippen molar-refractivity contribution in [2.75, 3.05) is 51.0 Å². The van der Waals surface area contributed by atoms with Crippen LogP contribution in [0.5, 0.6) is 11.5 Å². The molecule has 2 fully saturated rings. The third-order valence-corrected chi connectivity index (χ3v) is 11.9. The van der Waals surface area contributed by atoms with Gasteiger partial charge in [0.25, 0.3) is 0 Å². The number of carbonyl (C=O) groups is 3. The zero-order valence-corrected chi connectivity index (χ0v) is 37.0. The summed E-state index contributed by atoms with van der Waals surface area (Å²) in [6, 6.07) is 16.6. The molecule has 4 heterocycles. The minimum absolute atomic E-state index is 0. The second-order valence-corrected chi connectivity index (χ2v) is 15.8. The van der Waals surface area contributed by atoms with Gasteiger partial charge in [-0.25, -0.2) is 27.2 Å². The number of Topliss-reactive ketones (excluding diaryl/α,β-unsaturated/α-hetero) is 1. The third kappa shape index (κ3) is 11.0. The Morgan fingerprint density at radius 1 is 0.710 bits per heavy atom. The molecule has 4 aliphatic heterocycles. The number of nitrogens with zero attached hydrogens (tertiary/aromatic N) is 2. The summed E-state index contributed by atoms with van der Waals surface area (Å²) in [5, 5.41) is 23.1. The maximum absolute atomic E-state index is 13.5. The first kappa shape index (κ1) is 48.1. The van der Waals surface area contributed by atoms with E-state index in [2.05, 4.69) is 21.3 Å². The van der Waals surface area contributed by atoms with Crippen molar-refractivity contribution in [3.63, 3.8) is 0 Å². The van der Waals surface area contributed by atoms with Crippen LogP contribution in [0.15, 0.2) is 72.8 Å². The molecule has 3 radical (unpaired) electrons. The normalized spacial score (nSPS) is 17.9. The fraction of sp³-hybridized carbons (Fsp3) is 0.386. The van der Waals surface area contributed by atoms with E-state index in [1.165, 1.54) is 62.8 Å². The number of benzene rings is 4. The van der Waals surface area contributed by atoms with Gasteiger partial charge >= 0.3 is 41.6 Å². The van der Waals surface area contributed by atoms with Crippen LogP contribution in [-0.2, 0) is 13.1 Å². The Bertz CT molecular complexity index is 2270. The van der Waals surface area contributed by atoms with Gasteiger partial charge in [0.15, 0.2) is 5.78 Å². The van der Waals surface area contributed by atoms with Crippen LogP contribution in [0.1, 0.15) is 73.1 Å². The number of halogens is 4. The van der Waals surface area contributed by atoms with Crippen LogP contribution in [0.3, 0.4) is 0 Å². The summed E-state index contributed by atoms with van der Waals surface area (Å²) in [5.74, 6) is -0.892. The Hall–Kier alpha value is -4.97. The molecule has 2 spiro atoms. The van der Waals surface area contributed by atoms with Crippen molar-refractivity contribution in [1.29, 1.82) is 0 Å². The van der Waals surface area contributed by atoms with Crippen molar-refractivity contribution in [3.8, 4) is 11.5 Å². The number of carbonyl (C=O) groups excluding carboxylic acids is 3. The van der Waals surface area contributed by atoms with Gasteiger partial charge in [-0.3, -0.25) is 4.79 Å². The Kier molecular flexibility index (Phi) is 15.9. The van der Waals surface area contributed by atoms with Crippen molar-refractivity contribution < 1.29 is 77.5 Å². The summed E-state index contributed by atoms with van der Waals surface area (Å²) >= 11 is 0. The molecule has 323 valence electrons. The number of methoxy groups -OCH3 is 2. The molecular weight excluding hydrogens is 818 g/mol. The van der Waals surface area contributed by atoms with Crippen LogP contribution in [-0.4, -0.2) is 92.6 Å². The van der Waals surface area contributed by atoms with E-state index in [0.717, 1.165) is 5.69 Å². The molecule has 0 bridgehead atoms. The predicted octanol–water partition coefficient (Wildman–Crippen LogP) is 4.02. The zero-order valence-electron chi connectivity index (χ0n) is 36.0. The van der Waals surface area contributed by atoms with E-state index in [0.29, 0.717) is 97.7 Å². The predicted molar refractivity (Wildman–Crippen MR) is 223 cm³/mol. The van der Waals surface area contributed by atoms with Gasteiger partial charge < -0.3 is 47.1 Å². The Labute approximate surface area is 383 Å². The van der Waals surface area contributed by atoms with Crippen LogP contribution in [0.25, 0.3) is 0 Å². The smallest absolute Gasteiger partial charge is 1.00 e. The molecule has 4 aliphatic rings. The minimum atomic E-state index is -0.733. The average molecular weight is 868 g/mol. The van der Waals surface area contributed by atoms with E-state index >= 15 is 0 Å². The SMILES string of the molecule is COc1cc(F)ccc1CNC(=O)N1CCC2(CC1)CC(=O)c1cc(F)ccc1N2.COc1cc(F)ccc1CNC(=O)N1CCC2(CC1)CC(O)c1cc(F)ccc1N2.[B].[H-].[Na+]. The molecule has 0 saturated carbocycles. The summed E-state index contributed by atoms with van der Waals surface area (Å²) in [4.78, 5) is 41.1. The number of amides is 4. The third-order valence-electron chi connectivity index (χ3n) is 11.9. The van der Waals surface area contributed by atoms with Crippen molar-refractivity contribution in [1.82, 2.24) is 20.4 Å². The number of ether oxygens (including phenoxy) is 2. The standard InChI is InChI=1S/C22H25F2N3O3.C22H23F2N3O3.B.Na.H/c2*1-30-20-11-16(24)3-2-14(20)13-25-21(29)27-8-6-22(7-9-27)12-19(28)17-10-15(23)4-5-18(17)26-22;;;/h2-5,10-11,19,26,28H,6-9,12-13H2,1H3,(H,25,29);2-5,10-11,26H,6-9,12-13H2,1H3,(H,25,29);;;/q;;;+1;-1. The van der Waals surface area contributed by atoms with Gasteiger partial charge in [0, 0.05) is 117 Å². The first-order valence-electron chi connectivity index (χ1n) is 19.9. The molecule has 12 nitrogen and oxygen atoms in total. The van der Waals surface area contributed by atoms with Gasteiger partial charge in [-0.05, 0) is 74.2 Å². The number of hydrogen-bond donors (Lipinski definition) is 5. The van der Waals surface area contributed by atoms with Gasteiger partial charge in [0.2, 0.25) is 0 Å². The fourth-order valence-corrected chi connectivity index (χ4v) is 8.53.